The number of amides is 1. The molecular formula is C12H20N4O. The van der Waals surface area contributed by atoms with Gasteiger partial charge in [0.15, 0.2) is 0 Å². The van der Waals surface area contributed by atoms with Crippen molar-refractivity contribution in [3.05, 3.63) is 18.2 Å². The number of aryl methyl sites for hydroxylation is 1. The molecule has 0 bridgehead atoms. The van der Waals surface area contributed by atoms with Gasteiger partial charge in [-0.05, 0) is 19.8 Å². The van der Waals surface area contributed by atoms with Crippen LogP contribution in [0.1, 0.15) is 18.7 Å². The van der Waals surface area contributed by atoms with Crippen molar-refractivity contribution in [2.75, 3.05) is 26.2 Å². The van der Waals surface area contributed by atoms with Gasteiger partial charge in [0.25, 0.3) is 0 Å². The molecule has 0 atom stereocenters. The number of nitrogens with zero attached hydrogens (tertiary/aromatic N) is 3. The number of hydrogen-bond donors (Lipinski definition) is 1. The van der Waals surface area contributed by atoms with Crippen molar-refractivity contribution in [2.24, 2.45) is 0 Å². The Kier molecular flexibility index (Phi) is 4.14. The molecule has 5 nitrogen and oxygen atoms in total. The van der Waals surface area contributed by atoms with Crippen LogP contribution >= 0.6 is 0 Å². The van der Waals surface area contributed by atoms with Gasteiger partial charge in [0.05, 0.1) is 6.54 Å². The second-order valence-electron chi connectivity index (χ2n) is 4.43. The maximum Gasteiger partial charge on any atom is 0.236 e. The van der Waals surface area contributed by atoms with Crippen molar-refractivity contribution in [1.29, 1.82) is 0 Å². The van der Waals surface area contributed by atoms with E-state index in [9.17, 15) is 4.79 Å². The summed E-state index contributed by atoms with van der Waals surface area (Å²) in [5.41, 5.74) is 0. The number of hydrogen-bond acceptors (Lipinski definition) is 3. The quantitative estimate of drug-likeness (QED) is 0.753. The van der Waals surface area contributed by atoms with Gasteiger partial charge in [-0.2, -0.15) is 0 Å². The van der Waals surface area contributed by atoms with Gasteiger partial charge in [-0.15, -0.1) is 0 Å². The molecule has 0 spiro atoms. The molecule has 0 radical (unpaired) electrons. The van der Waals surface area contributed by atoms with E-state index in [4.69, 9.17) is 0 Å². The van der Waals surface area contributed by atoms with Crippen LogP contribution in [0.5, 0.6) is 0 Å². The van der Waals surface area contributed by atoms with Crippen molar-refractivity contribution in [3.8, 4) is 0 Å². The molecule has 1 fully saturated rings. The lowest BCUT2D eigenvalue weighted by Gasteiger charge is -2.15. The SMILES string of the molecule is Cc1nccn1CCNCC(=O)N1CCCC1. The average molecular weight is 236 g/mol. The van der Waals surface area contributed by atoms with Gasteiger partial charge in [0, 0.05) is 38.6 Å². The monoisotopic (exact) mass is 236 g/mol. The predicted octanol–water partition coefficient (Wildman–Crippen LogP) is 0.404. The molecule has 1 amide bonds. The summed E-state index contributed by atoms with van der Waals surface area (Å²) in [5, 5.41) is 3.19. The molecule has 0 aromatic carbocycles. The molecule has 1 N–H and O–H groups in total. The van der Waals surface area contributed by atoms with E-state index in [1.807, 2.05) is 18.0 Å². The van der Waals surface area contributed by atoms with Crippen molar-refractivity contribution in [1.82, 2.24) is 19.8 Å². The molecule has 2 rings (SSSR count). The first kappa shape index (κ1) is 12.1. The Morgan fingerprint density at radius 1 is 1.47 bits per heavy atom. The van der Waals surface area contributed by atoms with Gasteiger partial charge in [-0.1, -0.05) is 0 Å². The highest BCUT2D eigenvalue weighted by Gasteiger charge is 2.16. The molecule has 0 aliphatic carbocycles. The minimum Gasteiger partial charge on any atom is -0.342 e. The highest BCUT2D eigenvalue weighted by molar-refractivity contribution is 5.78. The predicted molar refractivity (Wildman–Crippen MR) is 65.6 cm³/mol. The van der Waals surface area contributed by atoms with Crippen molar-refractivity contribution < 1.29 is 4.79 Å². The van der Waals surface area contributed by atoms with Gasteiger partial charge in [-0.25, -0.2) is 4.98 Å². The number of rotatable bonds is 5. The molecule has 0 unspecified atom stereocenters. The number of likely N-dealkylation sites (tertiary alicyclic amines) is 1. The number of nitrogens with one attached hydrogen (secondary N) is 1. The lowest BCUT2D eigenvalue weighted by Crippen LogP contribution is -2.37. The summed E-state index contributed by atoms with van der Waals surface area (Å²) < 4.78 is 2.08. The summed E-state index contributed by atoms with van der Waals surface area (Å²) in [6.07, 6.45) is 6.06. The number of aromatic nitrogens is 2. The Morgan fingerprint density at radius 2 is 2.24 bits per heavy atom. The van der Waals surface area contributed by atoms with Crippen molar-refractivity contribution >= 4 is 5.91 Å². The fourth-order valence-electron chi connectivity index (χ4n) is 2.11. The summed E-state index contributed by atoms with van der Waals surface area (Å²) in [7, 11) is 0. The van der Waals surface area contributed by atoms with E-state index >= 15 is 0 Å². The minimum absolute atomic E-state index is 0.227. The molecule has 2 heterocycles. The molecule has 1 aliphatic heterocycles. The molecule has 5 heteroatoms. The van der Waals surface area contributed by atoms with Gasteiger partial charge in [-0.3, -0.25) is 4.79 Å². The lowest BCUT2D eigenvalue weighted by molar-refractivity contribution is -0.129. The minimum atomic E-state index is 0.227. The van der Waals surface area contributed by atoms with Crippen molar-refractivity contribution in [3.63, 3.8) is 0 Å². The van der Waals surface area contributed by atoms with Crippen LogP contribution in [0.2, 0.25) is 0 Å². The van der Waals surface area contributed by atoms with Crippen LogP contribution in [0, 0.1) is 6.92 Å². The average Bonchev–Trinajstić information content (AvgIpc) is 2.96. The Labute approximate surface area is 102 Å². The molecule has 0 saturated carbocycles. The standard InChI is InChI=1S/C12H20N4O/c1-11-14-5-9-15(11)8-4-13-10-12(17)16-6-2-3-7-16/h5,9,13H,2-4,6-8,10H2,1H3. The van der Waals surface area contributed by atoms with Gasteiger partial charge in [0.1, 0.15) is 5.82 Å². The topological polar surface area (TPSA) is 50.2 Å². The summed E-state index contributed by atoms with van der Waals surface area (Å²) in [6, 6.07) is 0. The first-order chi connectivity index (χ1) is 8.27. The van der Waals surface area contributed by atoms with E-state index in [1.54, 1.807) is 6.20 Å². The third kappa shape index (κ3) is 3.30. The van der Waals surface area contributed by atoms with Crippen LogP contribution in [0.3, 0.4) is 0 Å². The van der Waals surface area contributed by atoms with Crippen LogP contribution in [0.4, 0.5) is 0 Å². The molecule has 1 aromatic rings. The maximum atomic E-state index is 11.7. The number of carbonyl (C=O) groups excluding carboxylic acids is 1. The molecule has 1 aromatic heterocycles. The van der Waals surface area contributed by atoms with E-state index in [1.165, 1.54) is 0 Å². The molecule has 1 aliphatic rings. The zero-order valence-corrected chi connectivity index (χ0v) is 10.4. The fourth-order valence-corrected chi connectivity index (χ4v) is 2.11. The van der Waals surface area contributed by atoms with E-state index < -0.39 is 0 Å². The van der Waals surface area contributed by atoms with Crippen LogP contribution in [0.25, 0.3) is 0 Å². The van der Waals surface area contributed by atoms with Crippen LogP contribution < -0.4 is 5.32 Å². The zero-order chi connectivity index (χ0) is 12.1. The van der Waals surface area contributed by atoms with Gasteiger partial charge in [0.2, 0.25) is 5.91 Å². The van der Waals surface area contributed by atoms with E-state index in [0.717, 1.165) is 44.8 Å². The number of imidazole rings is 1. The highest BCUT2D eigenvalue weighted by atomic mass is 16.2. The molecule has 94 valence electrons. The smallest absolute Gasteiger partial charge is 0.236 e. The van der Waals surface area contributed by atoms with Crippen LogP contribution in [-0.2, 0) is 11.3 Å². The third-order valence-corrected chi connectivity index (χ3v) is 3.19. The van der Waals surface area contributed by atoms with Crippen LogP contribution in [0.15, 0.2) is 12.4 Å². The second-order valence-corrected chi connectivity index (χ2v) is 4.43. The highest BCUT2D eigenvalue weighted by Crippen LogP contribution is 2.06. The van der Waals surface area contributed by atoms with Crippen LogP contribution in [-0.4, -0.2) is 46.5 Å². The first-order valence-corrected chi connectivity index (χ1v) is 6.23. The normalized spacial score (nSPS) is 15.5. The Hall–Kier alpha value is -1.36. The summed E-state index contributed by atoms with van der Waals surface area (Å²) in [5.74, 6) is 1.24. The maximum absolute atomic E-state index is 11.7. The van der Waals surface area contributed by atoms with E-state index in [-0.39, 0.29) is 5.91 Å². The summed E-state index contributed by atoms with van der Waals surface area (Å²) in [6.45, 7) is 5.96. The van der Waals surface area contributed by atoms with Gasteiger partial charge < -0.3 is 14.8 Å². The summed E-state index contributed by atoms with van der Waals surface area (Å²) >= 11 is 0. The number of carbonyl (C=O) groups is 1. The summed E-state index contributed by atoms with van der Waals surface area (Å²) in [4.78, 5) is 17.8. The molecule has 1 saturated heterocycles. The molecular weight excluding hydrogens is 216 g/mol. The third-order valence-electron chi connectivity index (χ3n) is 3.19. The largest absolute Gasteiger partial charge is 0.342 e. The Balaban J connectivity index is 1.63. The second kappa shape index (κ2) is 5.82. The fraction of sp³-hybridized carbons (Fsp3) is 0.667. The first-order valence-electron chi connectivity index (χ1n) is 6.23. The van der Waals surface area contributed by atoms with Gasteiger partial charge >= 0.3 is 0 Å². The zero-order valence-electron chi connectivity index (χ0n) is 10.4. The lowest BCUT2D eigenvalue weighted by atomic mass is 10.4. The Bertz CT molecular complexity index is 368. The van der Waals surface area contributed by atoms with Crippen molar-refractivity contribution in [2.45, 2.75) is 26.3 Å². The molecule has 17 heavy (non-hydrogen) atoms. The van der Waals surface area contributed by atoms with E-state index in [2.05, 4.69) is 14.9 Å². The Morgan fingerprint density at radius 3 is 2.88 bits per heavy atom. The van der Waals surface area contributed by atoms with E-state index in [0.29, 0.717) is 6.54 Å².